The summed E-state index contributed by atoms with van der Waals surface area (Å²) in [5, 5.41) is 6.81. The molecule has 8 nitrogen and oxygen atoms in total. The average molecular weight is 467 g/mol. The molecule has 1 saturated heterocycles. The van der Waals surface area contributed by atoms with Gasteiger partial charge in [-0.25, -0.2) is 9.78 Å². The second-order valence-electron chi connectivity index (χ2n) is 7.95. The van der Waals surface area contributed by atoms with Crippen LogP contribution in [0.5, 0.6) is 5.75 Å². The predicted octanol–water partition coefficient (Wildman–Crippen LogP) is 2.76. The molecule has 0 unspecified atom stereocenters. The van der Waals surface area contributed by atoms with Crippen molar-refractivity contribution >= 4 is 22.7 Å². The van der Waals surface area contributed by atoms with Gasteiger partial charge in [-0.1, -0.05) is 42.5 Å². The van der Waals surface area contributed by atoms with Crippen molar-refractivity contribution < 1.29 is 9.53 Å². The lowest BCUT2D eigenvalue weighted by Crippen LogP contribution is -2.49. The number of ether oxygens (including phenoxy) is 1. The van der Waals surface area contributed by atoms with Gasteiger partial charge in [-0.15, -0.1) is 0 Å². The minimum absolute atomic E-state index is 0.130. The second kappa shape index (κ2) is 11.6. The highest BCUT2D eigenvalue weighted by Gasteiger charge is 2.20. The number of anilines is 1. The Bertz CT molecular complexity index is 1020. The summed E-state index contributed by atoms with van der Waals surface area (Å²) in [5.74, 6) is 1.69. The smallest absolute Gasteiger partial charge is 0.315 e. The number of urea groups is 1. The zero-order chi connectivity index (χ0) is 22.9. The third kappa shape index (κ3) is 6.90. The molecule has 0 radical (unpaired) electrons. The minimum atomic E-state index is -0.130. The number of hydrogen-bond donors (Lipinski definition) is 2. The summed E-state index contributed by atoms with van der Waals surface area (Å²) in [5.41, 5.74) is 2.23. The van der Waals surface area contributed by atoms with E-state index in [0.29, 0.717) is 19.5 Å². The van der Waals surface area contributed by atoms with E-state index in [4.69, 9.17) is 9.72 Å². The van der Waals surface area contributed by atoms with E-state index in [1.807, 2.05) is 48.5 Å². The number of nitrogens with one attached hydrogen (secondary N) is 2. The van der Waals surface area contributed by atoms with Crippen molar-refractivity contribution in [2.24, 2.45) is 0 Å². The Morgan fingerprint density at radius 1 is 1.03 bits per heavy atom. The van der Waals surface area contributed by atoms with E-state index < -0.39 is 0 Å². The largest absolute Gasteiger partial charge is 0.497 e. The van der Waals surface area contributed by atoms with Gasteiger partial charge < -0.3 is 20.3 Å². The van der Waals surface area contributed by atoms with E-state index >= 15 is 0 Å². The third-order valence-electron chi connectivity index (χ3n) is 5.61. The van der Waals surface area contributed by atoms with E-state index in [0.717, 1.165) is 60.6 Å². The molecule has 9 heteroatoms. The molecule has 4 rings (SSSR count). The van der Waals surface area contributed by atoms with Gasteiger partial charge in [0.1, 0.15) is 11.6 Å². The SMILES string of the molecule is COc1cccc(Cc2nsc(N3CCN(CCNC(=O)NCc4ccccc4)CC3)n2)c1. The van der Waals surface area contributed by atoms with Gasteiger partial charge >= 0.3 is 6.03 Å². The van der Waals surface area contributed by atoms with Crippen LogP contribution >= 0.6 is 11.5 Å². The molecular weight excluding hydrogens is 436 g/mol. The number of rotatable bonds is 9. The maximum absolute atomic E-state index is 12.0. The van der Waals surface area contributed by atoms with Gasteiger partial charge in [-0.05, 0) is 23.3 Å². The first-order valence-electron chi connectivity index (χ1n) is 11.2. The van der Waals surface area contributed by atoms with Crippen LogP contribution in [-0.4, -0.2) is 66.7 Å². The van der Waals surface area contributed by atoms with Crippen molar-refractivity contribution in [3.8, 4) is 5.75 Å². The molecule has 2 heterocycles. The quantitative estimate of drug-likeness (QED) is 0.505. The summed E-state index contributed by atoms with van der Waals surface area (Å²) in [6.45, 7) is 5.71. The summed E-state index contributed by atoms with van der Waals surface area (Å²) in [6.07, 6.45) is 0.700. The summed E-state index contributed by atoms with van der Waals surface area (Å²) in [7, 11) is 1.68. The second-order valence-corrected chi connectivity index (χ2v) is 8.68. The molecule has 3 aromatic rings. The maximum atomic E-state index is 12.0. The van der Waals surface area contributed by atoms with Crippen LogP contribution in [0.2, 0.25) is 0 Å². The van der Waals surface area contributed by atoms with Crippen molar-refractivity contribution in [2.45, 2.75) is 13.0 Å². The molecule has 0 aliphatic carbocycles. The molecule has 1 aliphatic rings. The number of carbonyl (C=O) groups is 1. The normalized spacial score (nSPS) is 14.2. The Kier molecular flexibility index (Phi) is 8.10. The number of nitrogens with zero attached hydrogens (tertiary/aromatic N) is 4. The lowest BCUT2D eigenvalue weighted by molar-refractivity contribution is 0.231. The highest BCUT2D eigenvalue weighted by atomic mass is 32.1. The van der Waals surface area contributed by atoms with Crippen molar-refractivity contribution in [3.63, 3.8) is 0 Å². The summed E-state index contributed by atoms with van der Waals surface area (Å²) < 4.78 is 9.85. The van der Waals surface area contributed by atoms with E-state index in [-0.39, 0.29) is 6.03 Å². The highest BCUT2D eigenvalue weighted by Crippen LogP contribution is 2.21. The Hall–Kier alpha value is -3.17. The van der Waals surface area contributed by atoms with Gasteiger partial charge in [0.15, 0.2) is 0 Å². The molecule has 0 spiro atoms. The minimum Gasteiger partial charge on any atom is -0.497 e. The fourth-order valence-corrected chi connectivity index (χ4v) is 4.48. The fraction of sp³-hybridized carbons (Fsp3) is 0.375. The Morgan fingerprint density at radius 3 is 2.61 bits per heavy atom. The third-order valence-corrected chi connectivity index (χ3v) is 6.42. The molecule has 1 aliphatic heterocycles. The standard InChI is InChI=1S/C24H30N6O2S/c1-32-21-9-5-8-20(16-21)17-22-27-24(33-28-22)30-14-12-29(13-15-30)11-10-25-23(31)26-18-19-6-3-2-4-7-19/h2-9,16H,10-15,17-18H2,1H3,(H2,25,26,31). The molecule has 33 heavy (non-hydrogen) atoms. The van der Waals surface area contributed by atoms with Crippen molar-refractivity contribution in [2.75, 3.05) is 51.3 Å². The van der Waals surface area contributed by atoms with Gasteiger partial charge in [0.25, 0.3) is 0 Å². The Morgan fingerprint density at radius 2 is 1.82 bits per heavy atom. The number of piperazine rings is 1. The van der Waals surface area contributed by atoms with E-state index in [1.54, 1.807) is 7.11 Å². The molecular formula is C24H30N6O2S. The molecule has 174 valence electrons. The summed E-state index contributed by atoms with van der Waals surface area (Å²) in [6, 6.07) is 17.8. The predicted molar refractivity (Wildman–Crippen MR) is 131 cm³/mol. The van der Waals surface area contributed by atoms with Crippen molar-refractivity contribution in [1.82, 2.24) is 24.9 Å². The molecule has 2 N–H and O–H groups in total. The zero-order valence-corrected chi connectivity index (χ0v) is 19.7. The van der Waals surface area contributed by atoms with Crippen LogP contribution in [0.15, 0.2) is 54.6 Å². The van der Waals surface area contributed by atoms with Crippen LogP contribution in [0.1, 0.15) is 17.0 Å². The van der Waals surface area contributed by atoms with E-state index in [9.17, 15) is 4.79 Å². The number of amides is 2. The van der Waals surface area contributed by atoms with Crippen LogP contribution in [0.25, 0.3) is 0 Å². The lowest BCUT2D eigenvalue weighted by Gasteiger charge is -2.34. The van der Waals surface area contributed by atoms with Gasteiger partial charge in [-0.2, -0.15) is 4.37 Å². The Labute approximate surface area is 198 Å². The number of methoxy groups -OCH3 is 1. The first kappa shape index (κ1) is 23.0. The fourth-order valence-electron chi connectivity index (χ4n) is 3.74. The van der Waals surface area contributed by atoms with Crippen LogP contribution in [0.4, 0.5) is 9.93 Å². The van der Waals surface area contributed by atoms with Gasteiger partial charge in [0.05, 0.1) is 7.11 Å². The van der Waals surface area contributed by atoms with Crippen LogP contribution < -0.4 is 20.3 Å². The van der Waals surface area contributed by atoms with Crippen LogP contribution in [0.3, 0.4) is 0 Å². The molecule has 1 aromatic heterocycles. The first-order valence-corrected chi connectivity index (χ1v) is 12.0. The summed E-state index contributed by atoms with van der Waals surface area (Å²) >= 11 is 1.46. The topological polar surface area (TPSA) is 82.6 Å². The maximum Gasteiger partial charge on any atom is 0.315 e. The molecule has 0 saturated carbocycles. The molecule has 2 amide bonds. The zero-order valence-electron chi connectivity index (χ0n) is 18.9. The van der Waals surface area contributed by atoms with E-state index in [1.165, 1.54) is 11.5 Å². The number of benzene rings is 2. The van der Waals surface area contributed by atoms with Crippen molar-refractivity contribution in [1.29, 1.82) is 0 Å². The molecule has 2 aromatic carbocycles. The lowest BCUT2D eigenvalue weighted by atomic mass is 10.1. The number of carbonyl (C=O) groups excluding carboxylic acids is 1. The molecule has 1 fully saturated rings. The summed E-state index contributed by atoms with van der Waals surface area (Å²) in [4.78, 5) is 21.4. The van der Waals surface area contributed by atoms with Crippen LogP contribution in [0, 0.1) is 0 Å². The first-order chi connectivity index (χ1) is 16.2. The average Bonchev–Trinajstić information content (AvgIpc) is 3.32. The van der Waals surface area contributed by atoms with Gasteiger partial charge in [0, 0.05) is 63.8 Å². The monoisotopic (exact) mass is 466 g/mol. The molecule has 0 bridgehead atoms. The number of hydrogen-bond acceptors (Lipinski definition) is 7. The highest BCUT2D eigenvalue weighted by molar-refractivity contribution is 7.09. The Balaban J connectivity index is 1.15. The van der Waals surface area contributed by atoms with Gasteiger partial charge in [0.2, 0.25) is 5.13 Å². The molecule has 0 atom stereocenters. The van der Waals surface area contributed by atoms with Crippen LogP contribution in [-0.2, 0) is 13.0 Å². The van der Waals surface area contributed by atoms with E-state index in [2.05, 4.69) is 30.9 Å². The van der Waals surface area contributed by atoms with Gasteiger partial charge in [-0.3, -0.25) is 4.90 Å². The number of aromatic nitrogens is 2. The van der Waals surface area contributed by atoms with Crippen molar-refractivity contribution in [3.05, 3.63) is 71.5 Å².